The highest BCUT2D eigenvalue weighted by molar-refractivity contribution is 7.93. The molecule has 0 aliphatic carbocycles. The van der Waals surface area contributed by atoms with E-state index in [0.29, 0.717) is 28.0 Å². The van der Waals surface area contributed by atoms with Crippen molar-refractivity contribution in [2.24, 2.45) is 0 Å². The number of unbranched alkanes of at least 4 members (excludes halogenated alkanes) is 1. The fourth-order valence-corrected chi connectivity index (χ4v) is 5.14. The van der Waals surface area contributed by atoms with Crippen LogP contribution in [0.1, 0.15) is 37.8 Å². The molecule has 0 N–H and O–H groups in total. The predicted octanol–water partition coefficient (Wildman–Crippen LogP) is 5.77. The summed E-state index contributed by atoms with van der Waals surface area (Å²) in [6, 6.07) is 21.3. The Balaban J connectivity index is 2.09. The first kappa shape index (κ1) is 27.5. The minimum absolute atomic E-state index is 0.0570. The molecule has 0 atom stereocenters. The Kier molecular flexibility index (Phi) is 9.47. The first-order chi connectivity index (χ1) is 17.8. The summed E-state index contributed by atoms with van der Waals surface area (Å²) in [5.74, 6) is -0.0132. The lowest BCUT2D eigenvalue weighted by Gasteiger charge is -2.23. The molecule has 0 aliphatic rings. The zero-order chi connectivity index (χ0) is 26.8. The molecular formula is C29H30N2O5S. The molecule has 0 radical (unpaired) electrons. The molecule has 0 aliphatic heterocycles. The van der Waals surface area contributed by atoms with Crippen molar-refractivity contribution >= 4 is 27.7 Å². The largest absolute Gasteiger partial charge is 0.493 e. The van der Waals surface area contributed by atoms with E-state index in [2.05, 4.69) is 6.92 Å². The van der Waals surface area contributed by atoms with E-state index in [0.717, 1.165) is 24.8 Å². The van der Waals surface area contributed by atoms with E-state index in [9.17, 15) is 18.5 Å². The molecule has 0 unspecified atom stereocenters. The van der Waals surface area contributed by atoms with Crippen LogP contribution in [0.3, 0.4) is 0 Å². The number of sulfonamides is 1. The Morgan fingerprint density at radius 1 is 1.00 bits per heavy atom. The van der Waals surface area contributed by atoms with Gasteiger partial charge in [0, 0.05) is 0 Å². The molecule has 3 rings (SSSR count). The lowest BCUT2D eigenvalue weighted by molar-refractivity contribution is -0.113. The number of anilines is 1. The van der Waals surface area contributed by atoms with Gasteiger partial charge in [-0.25, -0.2) is 8.42 Å². The fraction of sp³-hybridized carbons (Fsp3) is 0.241. The molecule has 1 amide bonds. The number of hydrogen-bond donors (Lipinski definition) is 0. The van der Waals surface area contributed by atoms with E-state index in [1.54, 1.807) is 60.7 Å². The summed E-state index contributed by atoms with van der Waals surface area (Å²) < 4.78 is 38.9. The fourth-order valence-electron chi connectivity index (χ4n) is 3.71. The Morgan fingerprint density at radius 3 is 2.30 bits per heavy atom. The highest BCUT2D eigenvalue weighted by Gasteiger charge is 2.33. The number of hydrogen-bond acceptors (Lipinski definition) is 6. The summed E-state index contributed by atoms with van der Waals surface area (Å²) in [7, 11) is -2.82. The molecule has 0 bridgehead atoms. The number of methoxy groups -OCH3 is 1. The van der Waals surface area contributed by atoms with Gasteiger partial charge < -0.3 is 9.47 Å². The molecule has 7 nitrogen and oxygen atoms in total. The van der Waals surface area contributed by atoms with Crippen molar-refractivity contribution in [3.05, 3.63) is 89.5 Å². The van der Waals surface area contributed by atoms with Crippen LogP contribution in [0.25, 0.3) is 6.08 Å². The third-order valence-corrected chi connectivity index (χ3v) is 7.33. The normalized spacial score (nSPS) is 11.5. The summed E-state index contributed by atoms with van der Waals surface area (Å²) in [4.78, 5) is 13.6. The van der Waals surface area contributed by atoms with Gasteiger partial charge in [0.25, 0.3) is 15.9 Å². The molecule has 0 saturated carbocycles. The van der Waals surface area contributed by atoms with Gasteiger partial charge in [0.2, 0.25) is 0 Å². The number of benzene rings is 3. The van der Waals surface area contributed by atoms with Gasteiger partial charge in [-0.3, -0.25) is 4.79 Å². The summed E-state index contributed by atoms with van der Waals surface area (Å²) in [6.45, 7) is 4.38. The van der Waals surface area contributed by atoms with Crippen molar-refractivity contribution in [2.75, 3.05) is 18.0 Å². The minimum atomic E-state index is -4.31. The summed E-state index contributed by atoms with van der Waals surface area (Å²) in [6.07, 6.45) is 4.21. The van der Waals surface area contributed by atoms with Crippen molar-refractivity contribution in [1.29, 1.82) is 5.26 Å². The molecule has 0 heterocycles. The second-order valence-electron chi connectivity index (χ2n) is 8.17. The standard InChI is InChI=1S/C29H30N2O5S/c1-4-6-10-22-13-16-25(17-14-22)31(37(33,34)26-11-8-7-9-12-26)29(32)24(21-30)19-23-15-18-27(36-5-2)28(20-23)35-3/h7-9,11-20H,4-6,10H2,1-3H3/b24-19+. The first-order valence-corrected chi connectivity index (χ1v) is 13.5. The third kappa shape index (κ3) is 6.57. The molecular weight excluding hydrogens is 488 g/mol. The number of carbonyl (C=O) groups excluding carboxylic acids is 1. The first-order valence-electron chi connectivity index (χ1n) is 12.0. The molecule has 3 aromatic carbocycles. The highest BCUT2D eigenvalue weighted by Crippen LogP contribution is 2.30. The van der Waals surface area contributed by atoms with Crippen molar-refractivity contribution in [3.8, 4) is 17.6 Å². The van der Waals surface area contributed by atoms with Crippen LogP contribution in [0.4, 0.5) is 5.69 Å². The minimum Gasteiger partial charge on any atom is -0.493 e. The van der Waals surface area contributed by atoms with Crippen molar-refractivity contribution in [1.82, 2.24) is 0 Å². The SMILES string of the molecule is CCCCc1ccc(N(C(=O)/C(C#N)=C/c2ccc(OCC)c(OC)c2)S(=O)(=O)c2ccccc2)cc1. The highest BCUT2D eigenvalue weighted by atomic mass is 32.2. The number of amides is 1. The van der Waals surface area contributed by atoms with E-state index in [1.807, 2.05) is 13.0 Å². The molecule has 8 heteroatoms. The number of rotatable bonds is 11. The van der Waals surface area contributed by atoms with E-state index in [-0.39, 0.29) is 16.2 Å². The van der Waals surface area contributed by atoms with Crippen LogP contribution in [0.5, 0.6) is 11.5 Å². The van der Waals surface area contributed by atoms with Crippen LogP contribution in [-0.4, -0.2) is 28.0 Å². The molecule has 192 valence electrons. The van der Waals surface area contributed by atoms with Gasteiger partial charge in [-0.1, -0.05) is 49.7 Å². The Hall–Kier alpha value is -4.09. The Labute approximate surface area is 218 Å². The molecule has 0 saturated heterocycles. The van der Waals surface area contributed by atoms with Gasteiger partial charge in [-0.2, -0.15) is 9.57 Å². The molecule has 37 heavy (non-hydrogen) atoms. The van der Waals surface area contributed by atoms with Crippen LogP contribution >= 0.6 is 0 Å². The Bertz CT molecular complexity index is 1390. The van der Waals surface area contributed by atoms with Gasteiger partial charge in [-0.05, 0) is 73.4 Å². The molecule has 0 spiro atoms. The lowest BCUT2D eigenvalue weighted by atomic mass is 10.1. The lowest BCUT2D eigenvalue weighted by Crippen LogP contribution is -2.37. The monoisotopic (exact) mass is 518 g/mol. The van der Waals surface area contributed by atoms with Gasteiger partial charge >= 0.3 is 0 Å². The van der Waals surface area contributed by atoms with Gasteiger partial charge in [0.05, 0.1) is 24.3 Å². The second kappa shape index (κ2) is 12.7. The van der Waals surface area contributed by atoms with Crippen molar-refractivity contribution in [3.63, 3.8) is 0 Å². The maximum Gasteiger partial charge on any atom is 0.282 e. The topological polar surface area (TPSA) is 96.7 Å². The zero-order valence-electron chi connectivity index (χ0n) is 21.2. The van der Waals surface area contributed by atoms with E-state index >= 15 is 0 Å². The van der Waals surface area contributed by atoms with Gasteiger partial charge in [-0.15, -0.1) is 0 Å². The number of nitrogens with zero attached hydrogens (tertiary/aromatic N) is 2. The third-order valence-electron chi connectivity index (χ3n) is 5.61. The van der Waals surface area contributed by atoms with Gasteiger partial charge in [0.1, 0.15) is 11.6 Å². The molecule has 0 aromatic heterocycles. The second-order valence-corrected chi connectivity index (χ2v) is 9.96. The van der Waals surface area contributed by atoms with E-state index in [1.165, 1.54) is 25.3 Å². The van der Waals surface area contributed by atoms with Crippen LogP contribution in [0.2, 0.25) is 0 Å². The number of carbonyl (C=O) groups is 1. The quantitative estimate of drug-likeness (QED) is 0.236. The summed E-state index contributed by atoms with van der Waals surface area (Å²) >= 11 is 0. The molecule has 3 aromatic rings. The Morgan fingerprint density at radius 2 is 1.70 bits per heavy atom. The zero-order valence-corrected chi connectivity index (χ0v) is 22.0. The molecule has 0 fully saturated rings. The average molecular weight is 519 g/mol. The maximum atomic E-state index is 13.7. The summed E-state index contributed by atoms with van der Waals surface area (Å²) in [5, 5.41) is 9.88. The number of nitriles is 1. The maximum absolute atomic E-state index is 13.7. The average Bonchev–Trinajstić information content (AvgIpc) is 2.92. The van der Waals surface area contributed by atoms with Crippen LogP contribution in [0.15, 0.2) is 83.3 Å². The summed E-state index contributed by atoms with van der Waals surface area (Å²) in [5.41, 5.74) is 1.32. The predicted molar refractivity (Wildman–Crippen MR) is 144 cm³/mol. The smallest absolute Gasteiger partial charge is 0.282 e. The van der Waals surface area contributed by atoms with Crippen molar-refractivity contribution < 1.29 is 22.7 Å². The van der Waals surface area contributed by atoms with E-state index < -0.39 is 15.9 Å². The number of ether oxygens (including phenoxy) is 2. The van der Waals surface area contributed by atoms with Crippen LogP contribution < -0.4 is 13.8 Å². The van der Waals surface area contributed by atoms with Crippen molar-refractivity contribution in [2.45, 2.75) is 38.0 Å². The van der Waals surface area contributed by atoms with Crippen LogP contribution in [0, 0.1) is 11.3 Å². The number of aryl methyl sites for hydroxylation is 1. The van der Waals surface area contributed by atoms with Gasteiger partial charge in [0.15, 0.2) is 11.5 Å². The van der Waals surface area contributed by atoms with Crippen LogP contribution in [-0.2, 0) is 21.2 Å². The van der Waals surface area contributed by atoms with E-state index in [4.69, 9.17) is 9.47 Å².